The summed E-state index contributed by atoms with van der Waals surface area (Å²) in [7, 11) is -3.77. The van der Waals surface area contributed by atoms with E-state index in [4.69, 9.17) is 34.8 Å². The van der Waals surface area contributed by atoms with Crippen LogP contribution in [0.5, 0.6) is 0 Å². The Morgan fingerprint density at radius 1 is 1.29 bits per heavy atom. The largest absolute Gasteiger partial charge is 0.243 e. The number of benzene rings is 1. The molecular weight excluding hydrogens is 305 g/mol. The molecule has 0 aliphatic carbocycles. The maximum atomic E-state index is 11.9. The molecule has 1 aromatic rings. The highest BCUT2D eigenvalue weighted by atomic mass is 35.5. The van der Waals surface area contributed by atoms with Gasteiger partial charge < -0.3 is 0 Å². The predicted molar refractivity (Wildman–Crippen MR) is 71.5 cm³/mol. The second-order valence-corrected chi connectivity index (χ2v) is 6.43. The van der Waals surface area contributed by atoms with Crippen LogP contribution in [-0.2, 0) is 10.0 Å². The summed E-state index contributed by atoms with van der Waals surface area (Å²) in [5.74, 6) is 0. The van der Waals surface area contributed by atoms with Gasteiger partial charge in [-0.25, -0.2) is 13.1 Å². The first kappa shape index (κ1) is 14.8. The molecule has 0 bridgehead atoms. The molecule has 0 atom stereocenters. The van der Waals surface area contributed by atoms with Crippen LogP contribution in [0.3, 0.4) is 0 Å². The van der Waals surface area contributed by atoms with Crippen LogP contribution < -0.4 is 4.72 Å². The average molecular weight is 315 g/mol. The van der Waals surface area contributed by atoms with Crippen molar-refractivity contribution in [1.29, 1.82) is 0 Å². The maximum absolute atomic E-state index is 11.9. The molecule has 17 heavy (non-hydrogen) atoms. The molecule has 0 aliphatic heterocycles. The second kappa shape index (κ2) is 5.59. The van der Waals surface area contributed by atoms with Gasteiger partial charge in [0.25, 0.3) is 0 Å². The molecule has 1 aromatic carbocycles. The van der Waals surface area contributed by atoms with Gasteiger partial charge >= 0.3 is 0 Å². The zero-order valence-electron chi connectivity index (χ0n) is 8.93. The minimum atomic E-state index is -3.77. The van der Waals surface area contributed by atoms with Crippen molar-refractivity contribution in [2.45, 2.75) is 11.8 Å². The van der Waals surface area contributed by atoms with E-state index in [1.807, 2.05) is 0 Å². The van der Waals surface area contributed by atoms with E-state index in [1.165, 1.54) is 12.1 Å². The zero-order valence-corrected chi connectivity index (χ0v) is 12.0. The van der Waals surface area contributed by atoms with Gasteiger partial charge in [-0.1, -0.05) is 47.0 Å². The van der Waals surface area contributed by atoms with E-state index < -0.39 is 10.0 Å². The van der Waals surface area contributed by atoms with E-state index in [9.17, 15) is 8.42 Å². The summed E-state index contributed by atoms with van der Waals surface area (Å²) in [5.41, 5.74) is 0.676. The Morgan fingerprint density at radius 2 is 1.76 bits per heavy atom. The monoisotopic (exact) mass is 313 g/mol. The van der Waals surface area contributed by atoms with Gasteiger partial charge in [0.15, 0.2) is 0 Å². The molecule has 0 unspecified atom stereocenters. The fourth-order valence-corrected chi connectivity index (χ4v) is 3.71. The van der Waals surface area contributed by atoms with Crippen LogP contribution in [0.1, 0.15) is 6.92 Å². The smallest absolute Gasteiger partial charge is 0.207 e. The lowest BCUT2D eigenvalue weighted by Crippen LogP contribution is -2.25. The van der Waals surface area contributed by atoms with Crippen LogP contribution in [0.25, 0.3) is 0 Å². The Kier molecular flexibility index (Phi) is 4.86. The molecule has 0 fully saturated rings. The number of sulfonamides is 1. The lowest BCUT2D eigenvalue weighted by molar-refractivity contribution is 0.585. The first-order chi connectivity index (χ1) is 7.74. The normalized spacial score (nSPS) is 11.5. The third-order valence-electron chi connectivity index (χ3n) is 1.80. The SMILES string of the molecule is C=C(C)CNS(=O)(=O)c1c(Cl)cc(Cl)cc1Cl. The quantitative estimate of drug-likeness (QED) is 0.865. The molecule has 0 spiro atoms. The van der Waals surface area contributed by atoms with Crippen molar-refractivity contribution in [3.8, 4) is 0 Å². The lowest BCUT2D eigenvalue weighted by atomic mass is 10.4. The van der Waals surface area contributed by atoms with Crippen LogP contribution in [0.2, 0.25) is 15.1 Å². The van der Waals surface area contributed by atoms with Crippen LogP contribution in [0.15, 0.2) is 29.2 Å². The van der Waals surface area contributed by atoms with E-state index in [1.54, 1.807) is 6.92 Å². The molecule has 0 radical (unpaired) electrons. The highest BCUT2D eigenvalue weighted by Gasteiger charge is 2.21. The highest BCUT2D eigenvalue weighted by Crippen LogP contribution is 2.32. The Bertz CT molecular complexity index is 532. The molecule has 3 nitrogen and oxygen atoms in total. The van der Waals surface area contributed by atoms with Crippen molar-refractivity contribution in [2.75, 3.05) is 6.54 Å². The summed E-state index contributed by atoms with van der Waals surface area (Å²) in [4.78, 5) is -0.175. The average Bonchev–Trinajstić information content (AvgIpc) is 2.12. The number of nitrogens with one attached hydrogen (secondary N) is 1. The fourth-order valence-electron chi connectivity index (χ4n) is 1.08. The van der Waals surface area contributed by atoms with Gasteiger partial charge in [0.05, 0.1) is 10.0 Å². The number of halogens is 3. The van der Waals surface area contributed by atoms with Crippen LogP contribution in [-0.4, -0.2) is 15.0 Å². The molecule has 94 valence electrons. The lowest BCUT2D eigenvalue weighted by Gasteiger charge is -2.10. The van der Waals surface area contributed by atoms with Crippen molar-refractivity contribution in [3.63, 3.8) is 0 Å². The summed E-state index contributed by atoms with van der Waals surface area (Å²) in [6.45, 7) is 5.42. The van der Waals surface area contributed by atoms with Gasteiger partial charge in [-0.15, -0.1) is 0 Å². The van der Waals surface area contributed by atoms with Crippen molar-refractivity contribution in [3.05, 3.63) is 39.4 Å². The Morgan fingerprint density at radius 3 is 2.18 bits per heavy atom. The molecule has 0 aliphatic rings. The molecule has 0 saturated carbocycles. The van der Waals surface area contributed by atoms with Gasteiger partial charge in [-0.3, -0.25) is 0 Å². The molecule has 0 aromatic heterocycles. The summed E-state index contributed by atoms with van der Waals surface area (Å²) >= 11 is 17.3. The Hall–Kier alpha value is -0.260. The van der Waals surface area contributed by atoms with Crippen LogP contribution in [0.4, 0.5) is 0 Å². The molecule has 1 rings (SSSR count). The number of rotatable bonds is 4. The minimum absolute atomic E-state index is 0.0169. The Balaban J connectivity index is 3.20. The fraction of sp³-hybridized carbons (Fsp3) is 0.200. The number of hydrogen-bond acceptors (Lipinski definition) is 2. The molecule has 0 amide bonds. The molecule has 1 N–H and O–H groups in total. The molecule has 0 saturated heterocycles. The first-order valence-electron chi connectivity index (χ1n) is 4.52. The molecule has 7 heteroatoms. The maximum Gasteiger partial charge on any atom is 0.243 e. The molecular formula is C10H10Cl3NO2S. The van der Waals surface area contributed by atoms with E-state index in [0.29, 0.717) is 5.57 Å². The predicted octanol–water partition coefficient (Wildman–Crippen LogP) is 3.50. The van der Waals surface area contributed by atoms with Gasteiger partial charge in [-0.2, -0.15) is 0 Å². The number of hydrogen-bond donors (Lipinski definition) is 1. The van der Waals surface area contributed by atoms with Gasteiger partial charge in [0, 0.05) is 11.6 Å². The van der Waals surface area contributed by atoms with Crippen LogP contribution >= 0.6 is 34.8 Å². The molecule has 0 heterocycles. The second-order valence-electron chi connectivity index (χ2n) is 3.48. The highest BCUT2D eigenvalue weighted by molar-refractivity contribution is 7.89. The van der Waals surface area contributed by atoms with E-state index in [-0.39, 0.29) is 26.5 Å². The summed E-state index contributed by atoms with van der Waals surface area (Å²) in [5, 5.41) is 0.243. The third kappa shape index (κ3) is 3.86. The summed E-state index contributed by atoms with van der Waals surface area (Å²) in [6, 6.07) is 2.65. The van der Waals surface area contributed by atoms with Crippen LogP contribution in [0, 0.1) is 0 Å². The summed E-state index contributed by atoms with van der Waals surface area (Å²) in [6.07, 6.45) is 0. The minimum Gasteiger partial charge on any atom is -0.207 e. The van der Waals surface area contributed by atoms with E-state index >= 15 is 0 Å². The van der Waals surface area contributed by atoms with Gasteiger partial charge in [-0.05, 0) is 19.1 Å². The van der Waals surface area contributed by atoms with Crippen molar-refractivity contribution in [1.82, 2.24) is 4.72 Å². The van der Waals surface area contributed by atoms with Crippen molar-refractivity contribution in [2.24, 2.45) is 0 Å². The summed E-state index contributed by atoms with van der Waals surface area (Å²) < 4.78 is 26.2. The zero-order chi connectivity index (χ0) is 13.2. The van der Waals surface area contributed by atoms with Crippen molar-refractivity contribution < 1.29 is 8.42 Å². The van der Waals surface area contributed by atoms with Gasteiger partial charge in [0.2, 0.25) is 10.0 Å². The van der Waals surface area contributed by atoms with Crippen molar-refractivity contribution >= 4 is 44.8 Å². The van der Waals surface area contributed by atoms with E-state index in [0.717, 1.165) is 0 Å². The Labute approximate surface area is 115 Å². The van der Waals surface area contributed by atoms with E-state index in [2.05, 4.69) is 11.3 Å². The topological polar surface area (TPSA) is 46.2 Å². The van der Waals surface area contributed by atoms with Gasteiger partial charge in [0.1, 0.15) is 4.90 Å². The third-order valence-corrected chi connectivity index (χ3v) is 4.34. The standard InChI is InChI=1S/C10H10Cl3NO2S/c1-6(2)5-14-17(15,16)10-8(12)3-7(11)4-9(10)13/h3-4,14H,1,5H2,2H3. The first-order valence-corrected chi connectivity index (χ1v) is 7.14.